The quantitative estimate of drug-likeness (QED) is 0.748. The van der Waals surface area contributed by atoms with Crippen LogP contribution in [-0.2, 0) is 23.6 Å². The van der Waals surface area contributed by atoms with E-state index in [2.05, 4.69) is 26.6 Å². The van der Waals surface area contributed by atoms with Crippen LogP contribution in [0.2, 0.25) is 0 Å². The van der Waals surface area contributed by atoms with E-state index in [1.54, 1.807) is 24.1 Å². The van der Waals surface area contributed by atoms with Crippen molar-refractivity contribution in [3.63, 3.8) is 0 Å². The Hall–Kier alpha value is -2.21. The van der Waals surface area contributed by atoms with Gasteiger partial charge in [0.25, 0.3) is 0 Å². The van der Waals surface area contributed by atoms with E-state index in [4.69, 9.17) is 5.73 Å². The Labute approximate surface area is 123 Å². The molecule has 0 atom stereocenters. The minimum atomic E-state index is -3.65. The van der Waals surface area contributed by atoms with Gasteiger partial charge in [0, 0.05) is 43.3 Å². The van der Waals surface area contributed by atoms with Gasteiger partial charge in [0.1, 0.15) is 4.90 Å². The van der Waals surface area contributed by atoms with E-state index in [9.17, 15) is 8.42 Å². The van der Waals surface area contributed by atoms with Crippen molar-refractivity contribution >= 4 is 10.0 Å². The second kappa shape index (κ2) is 6.49. The predicted molar refractivity (Wildman–Crippen MR) is 77.4 cm³/mol. The van der Waals surface area contributed by atoms with Gasteiger partial charge >= 0.3 is 0 Å². The molecule has 2 rings (SSSR count). The fraction of sp³-hybridized carbons (Fsp3) is 0.231. The van der Waals surface area contributed by atoms with Gasteiger partial charge in [0.05, 0.1) is 12.7 Å². The van der Waals surface area contributed by atoms with Gasteiger partial charge in [-0.2, -0.15) is 5.10 Å². The van der Waals surface area contributed by atoms with E-state index < -0.39 is 10.0 Å². The van der Waals surface area contributed by atoms with Crippen molar-refractivity contribution in [1.29, 1.82) is 0 Å². The molecular formula is C13H15N5O2S. The molecule has 2 heterocycles. The fourth-order valence-corrected chi connectivity index (χ4v) is 2.62. The summed E-state index contributed by atoms with van der Waals surface area (Å²) < 4.78 is 28.5. The molecule has 0 saturated heterocycles. The van der Waals surface area contributed by atoms with Crippen LogP contribution in [0.3, 0.4) is 0 Å². The van der Waals surface area contributed by atoms with Gasteiger partial charge in [-0.3, -0.25) is 9.67 Å². The molecule has 8 heteroatoms. The van der Waals surface area contributed by atoms with Gasteiger partial charge in [-0.1, -0.05) is 11.8 Å². The molecule has 2 aromatic rings. The average Bonchev–Trinajstić information content (AvgIpc) is 2.89. The number of aromatic nitrogens is 3. The van der Waals surface area contributed by atoms with Gasteiger partial charge in [0.15, 0.2) is 0 Å². The first-order valence-electron chi connectivity index (χ1n) is 6.12. The van der Waals surface area contributed by atoms with Crippen LogP contribution < -0.4 is 10.5 Å². The van der Waals surface area contributed by atoms with Crippen molar-refractivity contribution in [3.05, 3.63) is 42.0 Å². The maximum atomic E-state index is 12.2. The minimum Gasteiger partial charge on any atom is -0.320 e. The van der Waals surface area contributed by atoms with Gasteiger partial charge in [-0.05, 0) is 6.07 Å². The molecule has 7 nitrogen and oxygen atoms in total. The monoisotopic (exact) mass is 305 g/mol. The molecule has 0 saturated carbocycles. The van der Waals surface area contributed by atoms with Crippen LogP contribution in [0.15, 0.2) is 35.7 Å². The smallest absolute Gasteiger partial charge is 0.242 e. The first kappa shape index (κ1) is 15.2. The molecule has 0 aliphatic heterocycles. The number of rotatable bonds is 4. The number of nitrogens with two attached hydrogens (primary N) is 1. The lowest BCUT2D eigenvalue weighted by atomic mass is 10.3. The summed E-state index contributed by atoms with van der Waals surface area (Å²) in [4.78, 5) is 3.95. The molecular weight excluding hydrogens is 290 g/mol. The molecule has 0 unspecified atom stereocenters. The first-order valence-corrected chi connectivity index (χ1v) is 7.61. The summed E-state index contributed by atoms with van der Waals surface area (Å²) in [6.45, 7) is 0.366. The van der Waals surface area contributed by atoms with E-state index in [1.807, 2.05) is 0 Å². The van der Waals surface area contributed by atoms with Crippen molar-refractivity contribution in [2.45, 2.75) is 11.4 Å². The van der Waals surface area contributed by atoms with E-state index in [1.165, 1.54) is 18.5 Å². The summed E-state index contributed by atoms with van der Waals surface area (Å²) in [5, 5.41) is 3.98. The van der Waals surface area contributed by atoms with E-state index >= 15 is 0 Å². The molecule has 0 bridgehead atoms. The molecule has 2 aromatic heterocycles. The molecule has 0 aliphatic carbocycles. The molecule has 0 aromatic carbocycles. The zero-order valence-corrected chi connectivity index (χ0v) is 12.3. The van der Waals surface area contributed by atoms with Crippen molar-refractivity contribution in [3.8, 4) is 11.8 Å². The molecule has 3 N–H and O–H groups in total. The Bertz CT molecular complexity index is 786. The van der Waals surface area contributed by atoms with Gasteiger partial charge in [-0.25, -0.2) is 13.1 Å². The van der Waals surface area contributed by atoms with Crippen LogP contribution in [0.5, 0.6) is 0 Å². The lowest BCUT2D eigenvalue weighted by Crippen LogP contribution is -2.23. The summed E-state index contributed by atoms with van der Waals surface area (Å²) in [7, 11) is -1.88. The highest BCUT2D eigenvalue weighted by Gasteiger charge is 2.14. The van der Waals surface area contributed by atoms with E-state index in [-0.39, 0.29) is 18.0 Å². The van der Waals surface area contributed by atoms with Crippen LogP contribution in [0.4, 0.5) is 0 Å². The lowest BCUT2D eigenvalue weighted by Gasteiger charge is -2.05. The highest BCUT2D eigenvalue weighted by atomic mass is 32.2. The molecule has 110 valence electrons. The van der Waals surface area contributed by atoms with Crippen molar-refractivity contribution < 1.29 is 8.42 Å². The lowest BCUT2D eigenvalue weighted by molar-refractivity contribution is 0.581. The SMILES string of the molecule is Cn1cc(CNS(=O)(=O)c2cncc(C#CCN)c2)cn1. The number of pyridine rings is 1. The molecule has 21 heavy (non-hydrogen) atoms. The van der Waals surface area contributed by atoms with Crippen LogP contribution >= 0.6 is 0 Å². The first-order chi connectivity index (χ1) is 10.0. The van der Waals surface area contributed by atoms with Gasteiger partial charge < -0.3 is 5.73 Å². The maximum absolute atomic E-state index is 12.2. The zero-order chi connectivity index (χ0) is 15.3. The third-order valence-corrected chi connectivity index (χ3v) is 3.95. The van der Waals surface area contributed by atoms with Crippen molar-refractivity contribution in [2.75, 3.05) is 6.54 Å². The topological polar surface area (TPSA) is 103 Å². The third kappa shape index (κ3) is 4.13. The van der Waals surface area contributed by atoms with Crippen molar-refractivity contribution in [2.24, 2.45) is 12.8 Å². The normalized spacial score (nSPS) is 11.0. The number of nitrogens with one attached hydrogen (secondary N) is 1. The van der Waals surface area contributed by atoms with Crippen LogP contribution in [0.25, 0.3) is 0 Å². The fourth-order valence-electron chi connectivity index (χ4n) is 1.61. The highest BCUT2D eigenvalue weighted by molar-refractivity contribution is 7.89. The molecule has 0 aliphatic rings. The Balaban J connectivity index is 2.15. The molecule has 0 spiro atoms. The predicted octanol–water partition coefficient (Wildman–Crippen LogP) is -0.396. The summed E-state index contributed by atoms with van der Waals surface area (Å²) >= 11 is 0. The Morgan fingerprint density at radius 1 is 1.38 bits per heavy atom. The van der Waals surface area contributed by atoms with Crippen LogP contribution in [0.1, 0.15) is 11.1 Å². The zero-order valence-electron chi connectivity index (χ0n) is 11.4. The number of hydrogen-bond donors (Lipinski definition) is 2. The van der Waals surface area contributed by atoms with Gasteiger partial charge in [0.2, 0.25) is 10.0 Å². The Morgan fingerprint density at radius 2 is 2.19 bits per heavy atom. The van der Waals surface area contributed by atoms with Crippen molar-refractivity contribution in [1.82, 2.24) is 19.5 Å². The van der Waals surface area contributed by atoms with E-state index in [0.717, 1.165) is 5.56 Å². The summed E-state index contributed by atoms with van der Waals surface area (Å²) in [5.74, 6) is 5.41. The molecule has 0 radical (unpaired) electrons. The maximum Gasteiger partial charge on any atom is 0.242 e. The number of hydrogen-bond acceptors (Lipinski definition) is 5. The summed E-state index contributed by atoms with van der Waals surface area (Å²) in [5.41, 5.74) is 6.56. The highest BCUT2D eigenvalue weighted by Crippen LogP contribution is 2.09. The second-order valence-electron chi connectivity index (χ2n) is 4.26. The number of nitrogens with zero attached hydrogens (tertiary/aromatic N) is 3. The number of sulfonamides is 1. The van der Waals surface area contributed by atoms with E-state index in [0.29, 0.717) is 5.56 Å². The standard InChI is InChI=1S/C13H15N5O2S/c1-18-10-12(7-16-18)8-17-21(19,20)13-5-11(3-2-4-14)6-15-9-13/h5-7,9-10,17H,4,8,14H2,1H3. The Morgan fingerprint density at radius 3 is 2.86 bits per heavy atom. The third-order valence-electron chi connectivity index (χ3n) is 2.58. The summed E-state index contributed by atoms with van der Waals surface area (Å²) in [6.07, 6.45) is 6.11. The minimum absolute atomic E-state index is 0.0650. The number of aryl methyl sites for hydroxylation is 1. The second-order valence-corrected chi connectivity index (χ2v) is 6.03. The largest absolute Gasteiger partial charge is 0.320 e. The molecule has 0 amide bonds. The summed E-state index contributed by atoms with van der Waals surface area (Å²) in [6, 6.07) is 1.46. The Kier molecular flexibility index (Phi) is 4.70. The van der Waals surface area contributed by atoms with Gasteiger partial charge in [-0.15, -0.1) is 0 Å². The molecule has 0 fully saturated rings. The average molecular weight is 305 g/mol. The van der Waals surface area contributed by atoms with Crippen LogP contribution in [-0.4, -0.2) is 29.7 Å². The van der Waals surface area contributed by atoms with Crippen LogP contribution in [0, 0.1) is 11.8 Å².